The highest BCUT2D eigenvalue weighted by Crippen LogP contribution is 2.30. The number of aromatic nitrogens is 1. The quantitative estimate of drug-likeness (QED) is 0.708. The Bertz CT molecular complexity index is 818. The van der Waals surface area contributed by atoms with E-state index in [-0.39, 0.29) is 16.4 Å². The lowest BCUT2D eigenvalue weighted by molar-refractivity contribution is -0.118. The minimum Gasteiger partial charge on any atom is -0.347 e. The van der Waals surface area contributed by atoms with Crippen LogP contribution in [-0.2, 0) is 17.8 Å². The zero-order valence-corrected chi connectivity index (χ0v) is 18.1. The number of hydrogen-bond donors (Lipinski definition) is 1. The van der Waals surface area contributed by atoms with Crippen molar-refractivity contribution >= 4 is 33.8 Å². The van der Waals surface area contributed by atoms with Crippen LogP contribution in [0.2, 0.25) is 0 Å². The van der Waals surface area contributed by atoms with Crippen LogP contribution in [-0.4, -0.2) is 21.0 Å². The molecule has 28 heavy (non-hydrogen) atoms. The molecule has 2 heterocycles. The van der Waals surface area contributed by atoms with Gasteiger partial charge in [-0.15, -0.1) is 0 Å². The summed E-state index contributed by atoms with van der Waals surface area (Å²) in [4.78, 5) is 23.2. The maximum Gasteiger partial charge on any atom is 0.286 e. The molecule has 0 spiro atoms. The maximum absolute atomic E-state index is 11.8. The normalized spacial score (nSPS) is 20.4. The first kappa shape index (κ1) is 21.0. The Balaban J connectivity index is 0.000000516. The summed E-state index contributed by atoms with van der Waals surface area (Å²) < 4.78 is 2.36. The van der Waals surface area contributed by atoms with Crippen molar-refractivity contribution in [2.45, 2.75) is 71.1 Å². The highest BCUT2D eigenvalue weighted by Gasteiger charge is 2.32. The maximum atomic E-state index is 11.8. The fraction of sp³-hybridized carbons (Fsp3) is 0.565. The molecule has 0 radical (unpaired) electrons. The average molecular weight is 401 g/mol. The topological polar surface area (TPSA) is 51.1 Å². The third-order valence-corrected chi connectivity index (χ3v) is 6.24. The van der Waals surface area contributed by atoms with E-state index >= 15 is 0 Å². The van der Waals surface area contributed by atoms with Gasteiger partial charge >= 0.3 is 0 Å². The second kappa shape index (κ2) is 9.64. The van der Waals surface area contributed by atoms with E-state index in [0.29, 0.717) is 6.42 Å². The Morgan fingerprint density at radius 2 is 1.82 bits per heavy atom. The summed E-state index contributed by atoms with van der Waals surface area (Å²) in [5, 5.41) is 3.05. The number of thioether (sulfide) groups is 1. The molecule has 5 heteroatoms. The zero-order chi connectivity index (χ0) is 20.1. The van der Waals surface area contributed by atoms with Crippen molar-refractivity contribution in [1.82, 2.24) is 9.88 Å². The summed E-state index contributed by atoms with van der Waals surface area (Å²) in [7, 11) is 0. The first-order chi connectivity index (χ1) is 13.4. The molecule has 1 unspecified atom stereocenters. The molecule has 1 aliphatic heterocycles. The number of amides is 2. The highest BCUT2D eigenvalue weighted by molar-refractivity contribution is 8.15. The van der Waals surface area contributed by atoms with Crippen LogP contribution in [0.1, 0.15) is 58.4 Å². The molecule has 1 aromatic heterocycles. The van der Waals surface area contributed by atoms with Crippen LogP contribution < -0.4 is 5.32 Å². The molecule has 1 N–H and O–H groups in total. The Kier molecular flexibility index (Phi) is 7.22. The van der Waals surface area contributed by atoms with Crippen LogP contribution in [0.4, 0.5) is 4.79 Å². The summed E-state index contributed by atoms with van der Waals surface area (Å²) in [5.41, 5.74) is 2.39. The molecule has 2 aromatic rings. The Morgan fingerprint density at radius 1 is 1.11 bits per heavy atom. The smallest absolute Gasteiger partial charge is 0.286 e. The van der Waals surface area contributed by atoms with Gasteiger partial charge in [0.15, 0.2) is 0 Å². The minimum atomic E-state index is -0.301. The molecule has 1 saturated carbocycles. The van der Waals surface area contributed by atoms with Crippen LogP contribution in [0.3, 0.4) is 0 Å². The SMILES string of the molecule is CC(C)C.O=C1NC(=O)C(Cc2cccc3c2ccn3CC2CCCCC2)S1. The van der Waals surface area contributed by atoms with Gasteiger partial charge in [0, 0.05) is 23.6 Å². The van der Waals surface area contributed by atoms with Crippen molar-refractivity contribution < 1.29 is 9.59 Å². The van der Waals surface area contributed by atoms with Crippen molar-refractivity contribution in [3.63, 3.8) is 0 Å². The van der Waals surface area contributed by atoms with Gasteiger partial charge in [0.2, 0.25) is 5.91 Å². The Hall–Kier alpha value is -1.75. The van der Waals surface area contributed by atoms with Gasteiger partial charge in [-0.3, -0.25) is 14.9 Å². The molecule has 4 nitrogen and oxygen atoms in total. The van der Waals surface area contributed by atoms with E-state index in [4.69, 9.17) is 0 Å². The predicted octanol–water partition coefficient (Wildman–Crippen LogP) is 5.78. The first-order valence-electron chi connectivity index (χ1n) is 10.5. The van der Waals surface area contributed by atoms with E-state index in [1.807, 2.05) is 0 Å². The van der Waals surface area contributed by atoms with Crippen LogP contribution in [0.15, 0.2) is 30.5 Å². The van der Waals surface area contributed by atoms with Gasteiger partial charge in [0.05, 0.1) is 5.25 Å². The van der Waals surface area contributed by atoms with Crippen LogP contribution in [0.5, 0.6) is 0 Å². The highest BCUT2D eigenvalue weighted by atomic mass is 32.2. The lowest BCUT2D eigenvalue weighted by Gasteiger charge is -2.22. The van der Waals surface area contributed by atoms with Crippen LogP contribution >= 0.6 is 11.8 Å². The third-order valence-electron chi connectivity index (χ3n) is 5.26. The molecule has 1 saturated heterocycles. The van der Waals surface area contributed by atoms with Crippen LogP contribution in [0, 0.1) is 11.8 Å². The van der Waals surface area contributed by atoms with E-state index < -0.39 is 0 Å². The number of fused-ring (bicyclic) bond motifs is 1. The monoisotopic (exact) mass is 400 g/mol. The summed E-state index contributed by atoms with van der Waals surface area (Å²) in [6, 6.07) is 8.46. The number of carbonyl (C=O) groups excluding carboxylic acids is 2. The number of hydrogen-bond acceptors (Lipinski definition) is 3. The molecule has 152 valence electrons. The summed E-state index contributed by atoms with van der Waals surface area (Å²) in [5.74, 6) is 1.45. The lowest BCUT2D eigenvalue weighted by Crippen LogP contribution is -2.25. The number of carbonyl (C=O) groups is 2. The zero-order valence-electron chi connectivity index (χ0n) is 17.2. The Morgan fingerprint density at radius 3 is 2.46 bits per heavy atom. The number of nitrogens with one attached hydrogen (secondary N) is 1. The van der Waals surface area contributed by atoms with Crippen molar-refractivity contribution in [2.24, 2.45) is 11.8 Å². The van der Waals surface area contributed by atoms with Crippen LogP contribution in [0.25, 0.3) is 10.9 Å². The second-order valence-electron chi connectivity index (χ2n) is 8.64. The largest absolute Gasteiger partial charge is 0.347 e. The fourth-order valence-electron chi connectivity index (χ4n) is 4.00. The summed E-state index contributed by atoms with van der Waals surface area (Å²) in [6.07, 6.45) is 9.55. The third kappa shape index (κ3) is 5.40. The second-order valence-corrected chi connectivity index (χ2v) is 9.82. The van der Waals surface area contributed by atoms with Gasteiger partial charge in [0.25, 0.3) is 5.24 Å². The predicted molar refractivity (Wildman–Crippen MR) is 118 cm³/mol. The van der Waals surface area contributed by atoms with Gasteiger partial charge in [-0.2, -0.15) is 0 Å². The number of imide groups is 1. The van der Waals surface area contributed by atoms with Gasteiger partial charge < -0.3 is 4.57 Å². The average Bonchev–Trinajstić information content (AvgIpc) is 3.19. The van der Waals surface area contributed by atoms with E-state index in [2.05, 4.69) is 61.1 Å². The molecule has 1 aromatic carbocycles. The van der Waals surface area contributed by atoms with Crippen molar-refractivity contribution in [3.05, 3.63) is 36.0 Å². The van der Waals surface area contributed by atoms with Crippen molar-refractivity contribution in [1.29, 1.82) is 0 Å². The molecule has 0 bridgehead atoms. The molecule has 2 fully saturated rings. The minimum absolute atomic E-state index is 0.163. The van der Waals surface area contributed by atoms with Gasteiger partial charge in [0.1, 0.15) is 0 Å². The molecular weight excluding hydrogens is 368 g/mol. The number of nitrogens with zero attached hydrogens (tertiary/aromatic N) is 1. The van der Waals surface area contributed by atoms with E-state index in [9.17, 15) is 9.59 Å². The van der Waals surface area contributed by atoms with Gasteiger partial charge in [-0.05, 0) is 48.8 Å². The summed E-state index contributed by atoms with van der Waals surface area (Å²) >= 11 is 1.11. The molecule has 2 aliphatic rings. The molecule has 1 atom stereocenters. The van der Waals surface area contributed by atoms with Gasteiger partial charge in [-0.1, -0.05) is 63.9 Å². The van der Waals surface area contributed by atoms with Gasteiger partial charge in [-0.25, -0.2) is 0 Å². The standard InChI is InChI=1S/C19H22N2O2S.C4H10/c22-18-17(24-19(23)20-18)11-14-7-4-8-16-15(14)9-10-21(16)12-13-5-2-1-3-6-13;1-4(2)3/h4,7-10,13,17H,1-3,5-6,11-12H2,(H,20,22,23);4H,1-3H3. The first-order valence-corrected chi connectivity index (χ1v) is 11.4. The summed E-state index contributed by atoms with van der Waals surface area (Å²) in [6.45, 7) is 7.59. The van der Waals surface area contributed by atoms with Crippen molar-refractivity contribution in [3.8, 4) is 0 Å². The molecular formula is C23H32N2O2S. The van der Waals surface area contributed by atoms with E-state index in [1.165, 1.54) is 43.0 Å². The fourth-order valence-corrected chi connectivity index (χ4v) is 4.85. The van der Waals surface area contributed by atoms with E-state index in [0.717, 1.165) is 35.7 Å². The molecule has 4 rings (SSSR count). The molecule has 2 amide bonds. The Labute approximate surface area is 172 Å². The number of rotatable bonds is 4. The lowest BCUT2D eigenvalue weighted by atomic mass is 9.89. The molecule has 1 aliphatic carbocycles. The van der Waals surface area contributed by atoms with Crippen molar-refractivity contribution in [2.75, 3.05) is 0 Å². The van der Waals surface area contributed by atoms with E-state index in [1.54, 1.807) is 0 Å². The number of benzene rings is 1.